The number of aromatic nitrogens is 2. The number of nitrogens with one attached hydrogen (secondary N) is 1. The Morgan fingerprint density at radius 1 is 1.07 bits per heavy atom. The normalized spacial score (nSPS) is 14.4. The molecule has 0 atom stereocenters. The average molecular weight is 360 g/mol. The molecule has 4 rings (SSSR count). The van der Waals surface area contributed by atoms with Gasteiger partial charge in [-0.2, -0.15) is 0 Å². The third-order valence-electron chi connectivity index (χ3n) is 5.12. The van der Waals surface area contributed by atoms with Crippen molar-refractivity contribution >= 4 is 28.4 Å². The molecule has 0 radical (unpaired) electrons. The Hall–Kier alpha value is -3.28. The number of hydrogen-bond acceptors (Lipinski definition) is 4. The Morgan fingerprint density at radius 2 is 1.85 bits per heavy atom. The number of hydrogen-bond donors (Lipinski definition) is 2. The lowest BCUT2D eigenvalue weighted by Crippen LogP contribution is -2.22. The van der Waals surface area contributed by atoms with Gasteiger partial charge in [-0.25, -0.2) is 4.98 Å². The van der Waals surface area contributed by atoms with Gasteiger partial charge in [0, 0.05) is 41.0 Å². The molecule has 1 aliphatic carbocycles. The molecule has 2 amide bonds. The molecule has 1 fully saturated rings. The van der Waals surface area contributed by atoms with Gasteiger partial charge in [-0.3, -0.25) is 14.6 Å². The van der Waals surface area contributed by atoms with Crippen molar-refractivity contribution in [3.05, 3.63) is 54.5 Å². The SMILES string of the molecule is NC(=O)c1ccnc(NC(=O)C2CCCC2)c1-c1cncc2ccccc12. The molecule has 2 aromatic heterocycles. The molecular weight excluding hydrogens is 340 g/mol. The second-order valence-corrected chi connectivity index (χ2v) is 6.83. The first-order chi connectivity index (χ1) is 13.1. The number of amides is 2. The number of benzene rings is 1. The lowest BCUT2D eigenvalue weighted by Gasteiger charge is -2.16. The number of nitrogens with two attached hydrogens (primary N) is 1. The van der Waals surface area contributed by atoms with E-state index in [-0.39, 0.29) is 11.8 Å². The van der Waals surface area contributed by atoms with E-state index in [4.69, 9.17) is 5.73 Å². The molecule has 3 N–H and O–H groups in total. The van der Waals surface area contributed by atoms with Gasteiger partial charge in [0.15, 0.2) is 0 Å². The molecule has 6 nitrogen and oxygen atoms in total. The number of primary amides is 1. The Labute approximate surface area is 156 Å². The molecule has 2 heterocycles. The van der Waals surface area contributed by atoms with Gasteiger partial charge in [0.2, 0.25) is 11.8 Å². The number of anilines is 1. The molecule has 0 unspecified atom stereocenters. The Balaban J connectivity index is 1.87. The molecule has 0 saturated heterocycles. The minimum atomic E-state index is -0.573. The van der Waals surface area contributed by atoms with Crippen LogP contribution in [0.15, 0.2) is 48.9 Å². The summed E-state index contributed by atoms with van der Waals surface area (Å²) in [4.78, 5) is 33.4. The quantitative estimate of drug-likeness (QED) is 0.744. The summed E-state index contributed by atoms with van der Waals surface area (Å²) in [6.45, 7) is 0. The molecule has 0 bridgehead atoms. The van der Waals surface area contributed by atoms with Gasteiger partial charge in [-0.1, -0.05) is 37.1 Å². The highest BCUT2D eigenvalue weighted by atomic mass is 16.2. The zero-order chi connectivity index (χ0) is 18.8. The summed E-state index contributed by atoms with van der Waals surface area (Å²) in [6.07, 6.45) is 8.82. The number of nitrogens with zero attached hydrogens (tertiary/aromatic N) is 2. The predicted octanol–water partition coefficient (Wildman–Crippen LogP) is 3.52. The molecule has 0 aliphatic heterocycles. The molecule has 27 heavy (non-hydrogen) atoms. The van der Waals surface area contributed by atoms with Gasteiger partial charge in [-0.15, -0.1) is 0 Å². The fourth-order valence-electron chi connectivity index (χ4n) is 3.76. The second-order valence-electron chi connectivity index (χ2n) is 6.83. The minimum Gasteiger partial charge on any atom is -0.366 e. The van der Waals surface area contributed by atoms with Crippen molar-refractivity contribution < 1.29 is 9.59 Å². The van der Waals surface area contributed by atoms with Crippen molar-refractivity contribution in [2.75, 3.05) is 5.32 Å². The van der Waals surface area contributed by atoms with Crippen molar-refractivity contribution in [2.45, 2.75) is 25.7 Å². The average Bonchev–Trinajstić information content (AvgIpc) is 3.22. The van der Waals surface area contributed by atoms with Crippen LogP contribution in [0, 0.1) is 5.92 Å². The first kappa shape index (κ1) is 17.1. The smallest absolute Gasteiger partial charge is 0.249 e. The molecular formula is C21H20N4O2. The Bertz CT molecular complexity index is 1020. The lowest BCUT2D eigenvalue weighted by molar-refractivity contribution is -0.119. The van der Waals surface area contributed by atoms with Gasteiger partial charge >= 0.3 is 0 Å². The van der Waals surface area contributed by atoms with Crippen molar-refractivity contribution in [1.29, 1.82) is 0 Å². The number of pyridine rings is 2. The van der Waals surface area contributed by atoms with Crippen LogP contribution in [0.25, 0.3) is 21.9 Å². The summed E-state index contributed by atoms with van der Waals surface area (Å²) in [6, 6.07) is 9.32. The van der Waals surface area contributed by atoms with Crippen LogP contribution in [0.5, 0.6) is 0 Å². The van der Waals surface area contributed by atoms with E-state index in [2.05, 4.69) is 15.3 Å². The van der Waals surface area contributed by atoms with E-state index in [1.807, 2.05) is 24.3 Å². The van der Waals surface area contributed by atoms with Gasteiger partial charge in [0.25, 0.3) is 0 Å². The van der Waals surface area contributed by atoms with Crippen LogP contribution in [-0.4, -0.2) is 21.8 Å². The summed E-state index contributed by atoms with van der Waals surface area (Å²) >= 11 is 0. The highest BCUT2D eigenvalue weighted by molar-refractivity contribution is 6.09. The summed E-state index contributed by atoms with van der Waals surface area (Å²) in [5, 5.41) is 4.77. The third-order valence-corrected chi connectivity index (χ3v) is 5.12. The van der Waals surface area contributed by atoms with Gasteiger partial charge < -0.3 is 11.1 Å². The maximum atomic E-state index is 12.7. The third kappa shape index (κ3) is 3.26. The van der Waals surface area contributed by atoms with Gasteiger partial charge in [0.1, 0.15) is 5.82 Å². The number of carbonyl (C=O) groups is 2. The maximum Gasteiger partial charge on any atom is 0.249 e. The fourth-order valence-corrected chi connectivity index (χ4v) is 3.76. The van der Waals surface area contributed by atoms with E-state index in [0.717, 1.165) is 42.0 Å². The van der Waals surface area contributed by atoms with E-state index in [9.17, 15) is 9.59 Å². The monoisotopic (exact) mass is 360 g/mol. The van der Waals surface area contributed by atoms with Crippen LogP contribution in [0.2, 0.25) is 0 Å². The topological polar surface area (TPSA) is 98.0 Å². The zero-order valence-electron chi connectivity index (χ0n) is 14.8. The number of fused-ring (bicyclic) bond motifs is 1. The number of rotatable bonds is 4. The molecule has 3 aromatic rings. The van der Waals surface area contributed by atoms with Crippen LogP contribution in [0.4, 0.5) is 5.82 Å². The van der Waals surface area contributed by atoms with Crippen LogP contribution in [-0.2, 0) is 4.79 Å². The number of carbonyl (C=O) groups excluding carboxylic acids is 2. The fraction of sp³-hybridized carbons (Fsp3) is 0.238. The Morgan fingerprint density at radius 3 is 2.63 bits per heavy atom. The molecule has 0 spiro atoms. The van der Waals surface area contributed by atoms with Crippen LogP contribution >= 0.6 is 0 Å². The van der Waals surface area contributed by atoms with Crippen molar-refractivity contribution in [1.82, 2.24) is 9.97 Å². The molecule has 1 aliphatic rings. The summed E-state index contributed by atoms with van der Waals surface area (Å²) in [5.74, 6) is -0.295. The highest BCUT2D eigenvalue weighted by Gasteiger charge is 2.25. The van der Waals surface area contributed by atoms with E-state index < -0.39 is 5.91 Å². The van der Waals surface area contributed by atoms with Crippen LogP contribution < -0.4 is 11.1 Å². The van der Waals surface area contributed by atoms with Crippen LogP contribution in [0.3, 0.4) is 0 Å². The summed E-state index contributed by atoms with van der Waals surface area (Å²) < 4.78 is 0. The Kier molecular flexibility index (Phi) is 4.54. The second kappa shape index (κ2) is 7.15. The maximum absolute atomic E-state index is 12.7. The van der Waals surface area contributed by atoms with Crippen LogP contribution in [0.1, 0.15) is 36.0 Å². The standard InChI is InChI=1S/C21H20N4O2/c22-19(26)16-9-10-24-20(25-21(27)13-5-1-2-6-13)18(16)17-12-23-11-14-7-3-4-8-15(14)17/h3-4,7-13H,1-2,5-6H2,(H2,22,26)(H,24,25,27). The van der Waals surface area contributed by atoms with Crippen molar-refractivity contribution in [2.24, 2.45) is 11.7 Å². The minimum absolute atomic E-state index is 0.0115. The first-order valence-electron chi connectivity index (χ1n) is 9.08. The van der Waals surface area contributed by atoms with E-state index in [1.165, 1.54) is 6.20 Å². The molecule has 1 aromatic carbocycles. The van der Waals surface area contributed by atoms with Crippen molar-refractivity contribution in [3.8, 4) is 11.1 Å². The zero-order valence-corrected chi connectivity index (χ0v) is 14.8. The van der Waals surface area contributed by atoms with E-state index >= 15 is 0 Å². The van der Waals surface area contributed by atoms with Gasteiger partial charge in [0.05, 0.1) is 5.56 Å². The highest BCUT2D eigenvalue weighted by Crippen LogP contribution is 2.35. The molecule has 6 heteroatoms. The summed E-state index contributed by atoms with van der Waals surface area (Å²) in [7, 11) is 0. The van der Waals surface area contributed by atoms with E-state index in [1.54, 1.807) is 18.5 Å². The molecule has 136 valence electrons. The summed E-state index contributed by atoms with van der Waals surface area (Å²) in [5.41, 5.74) is 7.16. The first-order valence-corrected chi connectivity index (χ1v) is 9.08. The van der Waals surface area contributed by atoms with E-state index in [0.29, 0.717) is 16.9 Å². The largest absolute Gasteiger partial charge is 0.366 e. The van der Waals surface area contributed by atoms with Crippen molar-refractivity contribution in [3.63, 3.8) is 0 Å². The lowest BCUT2D eigenvalue weighted by atomic mass is 9.96. The predicted molar refractivity (Wildman–Crippen MR) is 104 cm³/mol. The van der Waals surface area contributed by atoms with Gasteiger partial charge in [-0.05, 0) is 24.3 Å². The molecule has 1 saturated carbocycles.